The average Bonchev–Trinajstić information content (AvgIpc) is 2.31. The molecule has 1 N–H and O–H groups in total. The molecule has 0 aromatic heterocycles. The fraction of sp³-hybridized carbons (Fsp3) is 1.00. The van der Waals surface area contributed by atoms with Crippen LogP contribution in [-0.4, -0.2) is 50.8 Å². The molecule has 3 nitrogen and oxygen atoms in total. The van der Waals surface area contributed by atoms with Gasteiger partial charge in [-0.2, -0.15) is 0 Å². The summed E-state index contributed by atoms with van der Waals surface area (Å²) < 4.78 is 5.40. The van der Waals surface area contributed by atoms with E-state index in [1.165, 1.54) is 51.7 Å². The zero-order valence-corrected chi connectivity index (χ0v) is 10.6. The first-order valence-electron chi connectivity index (χ1n) is 6.84. The normalized spacial score (nSPS) is 28.5. The van der Waals surface area contributed by atoms with Crippen LogP contribution in [0.4, 0.5) is 0 Å². The van der Waals surface area contributed by atoms with Crippen molar-refractivity contribution in [2.24, 2.45) is 5.92 Å². The van der Waals surface area contributed by atoms with Crippen LogP contribution in [0.5, 0.6) is 0 Å². The molecule has 0 bridgehead atoms. The van der Waals surface area contributed by atoms with E-state index in [2.05, 4.69) is 17.3 Å². The first-order chi connectivity index (χ1) is 7.84. The molecule has 1 atom stereocenters. The predicted molar refractivity (Wildman–Crippen MR) is 66.7 cm³/mol. The maximum Gasteiger partial charge on any atom is 0.0469 e. The number of hydrogen-bond donors (Lipinski definition) is 1. The summed E-state index contributed by atoms with van der Waals surface area (Å²) in [6.45, 7) is 5.63. The van der Waals surface area contributed by atoms with E-state index in [1.54, 1.807) is 0 Å². The Morgan fingerprint density at radius 3 is 2.62 bits per heavy atom. The second-order valence-electron chi connectivity index (χ2n) is 5.42. The topological polar surface area (TPSA) is 24.5 Å². The number of hydrogen-bond acceptors (Lipinski definition) is 3. The molecule has 2 fully saturated rings. The van der Waals surface area contributed by atoms with E-state index < -0.39 is 0 Å². The van der Waals surface area contributed by atoms with Gasteiger partial charge in [-0.05, 0) is 45.2 Å². The third-order valence-corrected chi connectivity index (χ3v) is 3.86. The number of nitrogens with zero attached hydrogens (tertiary/aromatic N) is 1. The third kappa shape index (κ3) is 4.04. The summed E-state index contributed by atoms with van der Waals surface area (Å²) in [5.74, 6) is 0.863. The lowest BCUT2D eigenvalue weighted by Crippen LogP contribution is -2.43. The van der Waals surface area contributed by atoms with Crippen LogP contribution in [0.15, 0.2) is 0 Å². The molecule has 2 saturated heterocycles. The van der Waals surface area contributed by atoms with Crippen molar-refractivity contribution in [1.29, 1.82) is 0 Å². The van der Waals surface area contributed by atoms with Gasteiger partial charge in [-0.3, -0.25) is 0 Å². The Morgan fingerprint density at radius 1 is 1.12 bits per heavy atom. The van der Waals surface area contributed by atoms with E-state index in [4.69, 9.17) is 4.74 Å². The molecule has 0 radical (unpaired) electrons. The first kappa shape index (κ1) is 12.3. The van der Waals surface area contributed by atoms with Gasteiger partial charge in [0.2, 0.25) is 0 Å². The second-order valence-corrected chi connectivity index (χ2v) is 5.42. The minimum Gasteiger partial charge on any atom is -0.381 e. The molecule has 2 heterocycles. The van der Waals surface area contributed by atoms with Gasteiger partial charge in [-0.25, -0.2) is 0 Å². The van der Waals surface area contributed by atoms with E-state index in [9.17, 15) is 0 Å². The number of likely N-dealkylation sites (N-methyl/N-ethyl adjacent to an activating group) is 1. The van der Waals surface area contributed by atoms with Gasteiger partial charge < -0.3 is 15.0 Å². The van der Waals surface area contributed by atoms with Crippen molar-refractivity contribution in [3.63, 3.8) is 0 Å². The molecule has 3 heteroatoms. The first-order valence-corrected chi connectivity index (χ1v) is 6.84. The smallest absolute Gasteiger partial charge is 0.0469 e. The van der Waals surface area contributed by atoms with Gasteiger partial charge in [0, 0.05) is 32.3 Å². The van der Waals surface area contributed by atoms with Gasteiger partial charge in [-0.15, -0.1) is 0 Å². The highest BCUT2D eigenvalue weighted by Crippen LogP contribution is 2.16. The third-order valence-electron chi connectivity index (χ3n) is 3.86. The highest BCUT2D eigenvalue weighted by Gasteiger charge is 2.19. The number of piperidine rings is 1. The summed E-state index contributed by atoms with van der Waals surface area (Å²) in [4.78, 5) is 2.51. The van der Waals surface area contributed by atoms with Gasteiger partial charge in [0.1, 0.15) is 0 Å². The summed E-state index contributed by atoms with van der Waals surface area (Å²) in [6, 6.07) is 0.735. The van der Waals surface area contributed by atoms with Crippen LogP contribution in [0.1, 0.15) is 32.1 Å². The summed E-state index contributed by atoms with van der Waals surface area (Å²) in [5.41, 5.74) is 0. The Labute approximate surface area is 99.5 Å². The minimum absolute atomic E-state index is 0.735. The summed E-state index contributed by atoms with van der Waals surface area (Å²) in [7, 11) is 2.27. The molecule has 2 aliphatic heterocycles. The molecule has 0 saturated carbocycles. The van der Waals surface area contributed by atoms with E-state index >= 15 is 0 Å². The molecule has 2 aliphatic rings. The van der Waals surface area contributed by atoms with Crippen molar-refractivity contribution in [2.75, 3.05) is 39.9 Å². The number of ether oxygens (including phenoxy) is 1. The molecule has 0 aromatic rings. The van der Waals surface area contributed by atoms with E-state index in [0.29, 0.717) is 0 Å². The van der Waals surface area contributed by atoms with Crippen molar-refractivity contribution < 1.29 is 4.74 Å². The monoisotopic (exact) mass is 226 g/mol. The number of nitrogens with one attached hydrogen (secondary N) is 1. The second kappa shape index (κ2) is 6.58. The maximum atomic E-state index is 5.40. The largest absolute Gasteiger partial charge is 0.381 e. The van der Waals surface area contributed by atoms with Gasteiger partial charge in [0.05, 0.1) is 0 Å². The Morgan fingerprint density at radius 2 is 1.94 bits per heavy atom. The van der Waals surface area contributed by atoms with Crippen molar-refractivity contribution in [2.45, 2.75) is 38.1 Å². The molecular formula is C13H26N2O. The predicted octanol–water partition coefficient (Wildman–Crippen LogP) is 1.49. The van der Waals surface area contributed by atoms with Crippen molar-refractivity contribution in [3.8, 4) is 0 Å². The van der Waals surface area contributed by atoms with E-state index in [-0.39, 0.29) is 0 Å². The molecule has 0 unspecified atom stereocenters. The SMILES string of the molecule is CN(CC1CCOCC1)C[C@H]1CCCCN1. The Hall–Kier alpha value is -0.120. The lowest BCUT2D eigenvalue weighted by atomic mass is 9.99. The molecule has 16 heavy (non-hydrogen) atoms. The molecule has 0 aliphatic carbocycles. The molecule has 0 aromatic carbocycles. The van der Waals surface area contributed by atoms with Crippen molar-refractivity contribution in [1.82, 2.24) is 10.2 Å². The molecular weight excluding hydrogens is 200 g/mol. The Balaban J connectivity index is 1.64. The lowest BCUT2D eigenvalue weighted by Gasteiger charge is -2.31. The standard InChI is InChI=1S/C13H26N2O/c1-15(10-12-5-8-16-9-6-12)11-13-4-2-3-7-14-13/h12-14H,2-11H2,1H3/t13-/m1/s1. The zero-order chi connectivity index (χ0) is 11.2. The highest BCUT2D eigenvalue weighted by atomic mass is 16.5. The van der Waals surface area contributed by atoms with E-state index in [0.717, 1.165) is 25.2 Å². The quantitative estimate of drug-likeness (QED) is 0.786. The fourth-order valence-electron chi connectivity index (χ4n) is 2.90. The van der Waals surface area contributed by atoms with E-state index in [1.807, 2.05) is 0 Å². The molecule has 2 rings (SSSR count). The van der Waals surface area contributed by atoms with Crippen LogP contribution in [0, 0.1) is 5.92 Å². The van der Waals surface area contributed by atoms with Crippen LogP contribution >= 0.6 is 0 Å². The van der Waals surface area contributed by atoms with Gasteiger partial charge >= 0.3 is 0 Å². The lowest BCUT2D eigenvalue weighted by molar-refractivity contribution is 0.0543. The van der Waals surface area contributed by atoms with Crippen molar-refractivity contribution >= 4 is 0 Å². The summed E-state index contributed by atoms with van der Waals surface area (Å²) >= 11 is 0. The van der Waals surface area contributed by atoms with Gasteiger partial charge in [-0.1, -0.05) is 6.42 Å². The van der Waals surface area contributed by atoms with Crippen LogP contribution < -0.4 is 5.32 Å². The molecule has 0 amide bonds. The number of rotatable bonds is 4. The fourth-order valence-corrected chi connectivity index (χ4v) is 2.90. The van der Waals surface area contributed by atoms with Crippen LogP contribution in [0.3, 0.4) is 0 Å². The maximum absolute atomic E-state index is 5.40. The van der Waals surface area contributed by atoms with Crippen LogP contribution in [0.2, 0.25) is 0 Å². The average molecular weight is 226 g/mol. The van der Waals surface area contributed by atoms with Crippen LogP contribution in [-0.2, 0) is 4.74 Å². The van der Waals surface area contributed by atoms with Crippen LogP contribution in [0.25, 0.3) is 0 Å². The van der Waals surface area contributed by atoms with Gasteiger partial charge in [0.25, 0.3) is 0 Å². The summed E-state index contributed by atoms with van der Waals surface area (Å²) in [6.07, 6.45) is 6.63. The zero-order valence-electron chi connectivity index (χ0n) is 10.6. The minimum atomic E-state index is 0.735. The molecule has 94 valence electrons. The van der Waals surface area contributed by atoms with Crippen molar-refractivity contribution in [3.05, 3.63) is 0 Å². The summed E-state index contributed by atoms with van der Waals surface area (Å²) in [5, 5.41) is 3.62. The Kier molecular flexibility index (Phi) is 5.07. The molecule has 0 spiro atoms. The Bertz CT molecular complexity index is 166. The van der Waals surface area contributed by atoms with Gasteiger partial charge in [0.15, 0.2) is 0 Å². The highest BCUT2D eigenvalue weighted by molar-refractivity contribution is 4.76.